The zero-order valence-corrected chi connectivity index (χ0v) is 18.8. The molecule has 0 unspecified atom stereocenters. The predicted octanol–water partition coefficient (Wildman–Crippen LogP) is 2.10. The molecule has 0 aromatic carbocycles. The minimum atomic E-state index is -0.630. The average molecular weight is 463 g/mol. The largest absolute Gasteiger partial charge is 0.472 e. The van der Waals surface area contributed by atoms with Gasteiger partial charge in [0.25, 0.3) is 5.56 Å². The summed E-state index contributed by atoms with van der Waals surface area (Å²) in [6.45, 7) is 4.72. The summed E-state index contributed by atoms with van der Waals surface area (Å²) in [7, 11) is 1.84. The molecule has 0 aliphatic carbocycles. The molecular formula is C21H24ClFN6O3. The van der Waals surface area contributed by atoms with E-state index in [0.29, 0.717) is 30.8 Å². The summed E-state index contributed by atoms with van der Waals surface area (Å²) in [5.41, 5.74) is 3.28. The number of hydrogen-bond donors (Lipinski definition) is 1. The fourth-order valence-corrected chi connectivity index (χ4v) is 4.28. The van der Waals surface area contributed by atoms with Gasteiger partial charge in [-0.25, -0.2) is 4.68 Å². The van der Waals surface area contributed by atoms with E-state index in [2.05, 4.69) is 15.2 Å². The van der Waals surface area contributed by atoms with Gasteiger partial charge in [0.15, 0.2) is 0 Å². The van der Waals surface area contributed by atoms with Crippen molar-refractivity contribution in [1.29, 1.82) is 0 Å². The Labute approximate surface area is 189 Å². The second-order valence-corrected chi connectivity index (χ2v) is 8.13. The first-order chi connectivity index (χ1) is 15.3. The van der Waals surface area contributed by atoms with Crippen molar-refractivity contribution in [3.63, 3.8) is 0 Å². The zero-order chi connectivity index (χ0) is 23.0. The number of aromatic nitrogens is 5. The summed E-state index contributed by atoms with van der Waals surface area (Å²) >= 11 is 6.26. The van der Waals surface area contributed by atoms with Gasteiger partial charge in [-0.3, -0.25) is 9.48 Å². The van der Waals surface area contributed by atoms with Crippen molar-refractivity contribution >= 4 is 17.3 Å². The van der Waals surface area contributed by atoms with Crippen LogP contribution in [0.15, 0.2) is 23.1 Å². The van der Waals surface area contributed by atoms with Crippen molar-refractivity contribution in [1.82, 2.24) is 24.5 Å². The van der Waals surface area contributed by atoms with Crippen LogP contribution in [0.25, 0.3) is 11.1 Å². The van der Waals surface area contributed by atoms with Crippen molar-refractivity contribution in [3.05, 3.63) is 51.0 Å². The summed E-state index contributed by atoms with van der Waals surface area (Å²) < 4.78 is 23.2. The van der Waals surface area contributed by atoms with Crippen LogP contribution in [0.1, 0.15) is 17.8 Å². The molecule has 1 aliphatic rings. The Morgan fingerprint density at radius 2 is 2.12 bits per heavy atom. The van der Waals surface area contributed by atoms with E-state index >= 15 is 0 Å². The molecule has 1 atom stereocenters. The number of anilines is 1. The number of ether oxygens (including phenoxy) is 1. The molecule has 1 saturated heterocycles. The first-order valence-corrected chi connectivity index (χ1v) is 10.6. The molecule has 4 rings (SSSR count). The highest BCUT2D eigenvalue weighted by Gasteiger charge is 2.28. The Hall–Kier alpha value is -2.98. The highest BCUT2D eigenvalue weighted by molar-refractivity contribution is 6.33. The van der Waals surface area contributed by atoms with Gasteiger partial charge in [0.05, 0.1) is 37.3 Å². The minimum absolute atomic E-state index is 0.0443. The van der Waals surface area contributed by atoms with Crippen molar-refractivity contribution in [2.45, 2.75) is 32.9 Å². The third-order valence-corrected chi connectivity index (χ3v) is 5.97. The molecule has 0 amide bonds. The van der Waals surface area contributed by atoms with Gasteiger partial charge >= 0.3 is 0 Å². The monoisotopic (exact) mass is 462 g/mol. The molecule has 9 nitrogen and oxygen atoms in total. The van der Waals surface area contributed by atoms with E-state index < -0.39 is 11.5 Å². The van der Waals surface area contributed by atoms with Crippen molar-refractivity contribution in [2.24, 2.45) is 7.05 Å². The molecular weight excluding hydrogens is 439 g/mol. The van der Waals surface area contributed by atoms with Gasteiger partial charge in [0, 0.05) is 43.4 Å². The second-order valence-electron chi connectivity index (χ2n) is 7.76. The summed E-state index contributed by atoms with van der Waals surface area (Å²) in [6.07, 6.45) is 1.90. The number of aliphatic hydroxyl groups excluding tert-OH is 1. The fourth-order valence-electron chi connectivity index (χ4n) is 4.01. The highest BCUT2D eigenvalue weighted by atomic mass is 35.5. The van der Waals surface area contributed by atoms with Crippen LogP contribution in [0.5, 0.6) is 5.88 Å². The number of halogens is 2. The molecule has 0 radical (unpaired) electrons. The highest BCUT2D eigenvalue weighted by Crippen LogP contribution is 2.31. The van der Waals surface area contributed by atoms with Gasteiger partial charge < -0.3 is 14.7 Å². The molecule has 3 aromatic heterocycles. The quantitative estimate of drug-likeness (QED) is 0.560. The molecule has 0 bridgehead atoms. The lowest BCUT2D eigenvalue weighted by Gasteiger charge is -2.20. The van der Waals surface area contributed by atoms with Gasteiger partial charge in [-0.2, -0.15) is 19.6 Å². The van der Waals surface area contributed by atoms with E-state index in [4.69, 9.17) is 21.4 Å². The number of hydrogen-bond acceptors (Lipinski definition) is 7. The second kappa shape index (κ2) is 8.87. The Kier molecular flexibility index (Phi) is 6.16. The van der Waals surface area contributed by atoms with Crippen LogP contribution < -0.4 is 15.2 Å². The van der Waals surface area contributed by atoms with Gasteiger partial charge in [-0.15, -0.1) is 0 Å². The maximum atomic E-state index is 14.3. The standard InChI is InChI=1S/C21H24ClFN6O3/c1-12-19(13(2)27(3)26-12)14-8-17(23)25-18(9-14)32-15-4-5-28(11-15)16-10-24-29(6-7-30)21(31)20(16)22/h8-10,15,30H,4-7,11H2,1-3H3/t15-/m1/s1. The predicted molar refractivity (Wildman–Crippen MR) is 118 cm³/mol. The van der Waals surface area contributed by atoms with Gasteiger partial charge in [-0.05, 0) is 19.4 Å². The van der Waals surface area contributed by atoms with Crippen LogP contribution in [-0.2, 0) is 13.6 Å². The number of pyridine rings is 1. The fraction of sp³-hybridized carbons (Fsp3) is 0.429. The van der Waals surface area contributed by atoms with E-state index in [1.807, 2.05) is 25.8 Å². The van der Waals surface area contributed by atoms with E-state index in [9.17, 15) is 9.18 Å². The summed E-state index contributed by atoms with van der Waals surface area (Å²) in [5, 5.41) is 17.5. The van der Waals surface area contributed by atoms with E-state index in [-0.39, 0.29) is 30.2 Å². The third kappa shape index (κ3) is 4.20. The molecule has 1 N–H and O–H groups in total. The van der Waals surface area contributed by atoms with Crippen LogP contribution in [0.2, 0.25) is 5.02 Å². The van der Waals surface area contributed by atoms with Crippen LogP contribution in [0.4, 0.5) is 10.1 Å². The number of aliphatic hydroxyl groups is 1. The smallest absolute Gasteiger partial charge is 0.287 e. The summed E-state index contributed by atoms with van der Waals surface area (Å²) in [6, 6.07) is 3.09. The molecule has 1 fully saturated rings. The average Bonchev–Trinajstić information content (AvgIpc) is 3.29. The first-order valence-electron chi connectivity index (χ1n) is 10.2. The number of rotatable bonds is 6. The lowest BCUT2D eigenvalue weighted by atomic mass is 10.1. The van der Waals surface area contributed by atoms with Gasteiger partial charge in [-0.1, -0.05) is 11.6 Å². The zero-order valence-electron chi connectivity index (χ0n) is 18.0. The van der Waals surface area contributed by atoms with Gasteiger partial charge in [0.2, 0.25) is 11.8 Å². The molecule has 0 saturated carbocycles. The van der Waals surface area contributed by atoms with Crippen molar-refractivity contribution in [2.75, 3.05) is 24.6 Å². The van der Waals surface area contributed by atoms with Crippen molar-refractivity contribution in [3.8, 4) is 17.0 Å². The molecule has 0 spiro atoms. The normalized spacial score (nSPS) is 16.1. The maximum absolute atomic E-state index is 14.3. The first kappa shape index (κ1) is 22.2. The Bertz CT molecular complexity index is 1210. The van der Waals surface area contributed by atoms with Crippen LogP contribution in [-0.4, -0.2) is 55.5 Å². The Morgan fingerprint density at radius 1 is 1.34 bits per heavy atom. The lowest BCUT2D eigenvalue weighted by Crippen LogP contribution is -2.30. The van der Waals surface area contributed by atoms with Crippen LogP contribution in [0, 0.1) is 19.8 Å². The van der Waals surface area contributed by atoms with Crippen LogP contribution in [0.3, 0.4) is 0 Å². The molecule has 170 valence electrons. The number of aryl methyl sites for hydroxylation is 2. The Morgan fingerprint density at radius 3 is 2.81 bits per heavy atom. The maximum Gasteiger partial charge on any atom is 0.287 e. The molecule has 11 heteroatoms. The Balaban J connectivity index is 1.53. The molecule has 32 heavy (non-hydrogen) atoms. The SMILES string of the molecule is Cc1nn(C)c(C)c1-c1cc(F)nc(O[C@@H]2CCN(c3cnn(CCO)c(=O)c3Cl)C2)c1. The van der Waals surface area contributed by atoms with E-state index in [1.54, 1.807) is 10.7 Å². The molecule has 3 aromatic rings. The van der Waals surface area contributed by atoms with E-state index in [1.165, 1.54) is 12.3 Å². The lowest BCUT2D eigenvalue weighted by molar-refractivity contribution is 0.213. The van der Waals surface area contributed by atoms with E-state index in [0.717, 1.165) is 21.6 Å². The number of nitrogens with zero attached hydrogens (tertiary/aromatic N) is 6. The topological polar surface area (TPSA) is 98.3 Å². The van der Waals surface area contributed by atoms with Crippen molar-refractivity contribution < 1.29 is 14.2 Å². The van der Waals surface area contributed by atoms with Gasteiger partial charge in [0.1, 0.15) is 11.1 Å². The molecule has 4 heterocycles. The summed E-state index contributed by atoms with van der Waals surface area (Å²) in [4.78, 5) is 18.1. The third-order valence-electron chi connectivity index (χ3n) is 5.62. The summed E-state index contributed by atoms with van der Waals surface area (Å²) in [5.74, 6) is -0.438. The molecule has 1 aliphatic heterocycles. The van der Waals surface area contributed by atoms with Crippen LogP contribution >= 0.6 is 11.6 Å². The minimum Gasteiger partial charge on any atom is -0.472 e.